The Balaban J connectivity index is 2.11. The first-order valence-corrected chi connectivity index (χ1v) is 6.30. The fourth-order valence-electron chi connectivity index (χ4n) is 1.30. The van der Waals surface area contributed by atoms with Gasteiger partial charge in [0, 0.05) is 11.1 Å². The molecule has 1 amide bonds. The lowest BCUT2D eigenvalue weighted by Crippen LogP contribution is -2.13. The van der Waals surface area contributed by atoms with Crippen LogP contribution in [0.25, 0.3) is 0 Å². The van der Waals surface area contributed by atoms with E-state index >= 15 is 0 Å². The molecule has 5 nitrogen and oxygen atoms in total. The predicted molar refractivity (Wildman–Crippen MR) is 74.9 cm³/mol. The third-order valence-electron chi connectivity index (χ3n) is 2.18. The fourth-order valence-corrected chi connectivity index (χ4v) is 2.03. The number of benzene rings is 1. The Bertz CT molecular complexity index is 591. The number of carbonyl (C=O) groups is 1. The summed E-state index contributed by atoms with van der Waals surface area (Å²) in [4.78, 5) is 12.2. The van der Waals surface area contributed by atoms with Gasteiger partial charge < -0.3 is 5.73 Å². The van der Waals surface area contributed by atoms with Crippen molar-refractivity contribution in [2.24, 2.45) is 5.73 Å². The van der Waals surface area contributed by atoms with Crippen LogP contribution in [0.15, 0.2) is 24.3 Å². The minimum Gasteiger partial charge on any atom is -0.389 e. The Labute approximate surface area is 113 Å². The smallest absolute Gasteiger partial charge is 0.257 e. The molecule has 2 rings (SSSR count). The Morgan fingerprint density at radius 3 is 2.39 bits per heavy atom. The Morgan fingerprint density at radius 1 is 1.28 bits per heavy atom. The first kappa shape index (κ1) is 12.6. The molecule has 18 heavy (non-hydrogen) atoms. The summed E-state index contributed by atoms with van der Waals surface area (Å²) >= 11 is 6.16. The van der Waals surface area contributed by atoms with Crippen LogP contribution < -0.4 is 11.1 Å². The lowest BCUT2D eigenvalue weighted by Gasteiger charge is -2.02. The van der Waals surface area contributed by atoms with E-state index in [1.54, 1.807) is 24.3 Å². The average molecular weight is 278 g/mol. The fraction of sp³-hybridized carbons (Fsp3) is 0.0909. The molecule has 3 N–H and O–H groups in total. The van der Waals surface area contributed by atoms with Gasteiger partial charge in [-0.25, -0.2) is 0 Å². The molecule has 0 saturated carbocycles. The summed E-state index contributed by atoms with van der Waals surface area (Å²) in [5.41, 5.74) is 6.73. The molecular formula is C11H10N4OS2. The molecule has 0 radical (unpaired) electrons. The molecule has 0 fully saturated rings. The summed E-state index contributed by atoms with van der Waals surface area (Å²) in [5.74, 6) is -0.236. The van der Waals surface area contributed by atoms with Crippen molar-refractivity contribution in [3.8, 4) is 0 Å². The van der Waals surface area contributed by atoms with Gasteiger partial charge in [-0.3, -0.25) is 10.1 Å². The molecule has 0 atom stereocenters. The highest BCUT2D eigenvalue weighted by Gasteiger charge is 2.09. The maximum atomic E-state index is 11.9. The molecule has 0 aliphatic carbocycles. The Kier molecular flexibility index (Phi) is 3.63. The van der Waals surface area contributed by atoms with Crippen LogP contribution >= 0.6 is 23.6 Å². The van der Waals surface area contributed by atoms with Crippen LogP contribution in [-0.4, -0.2) is 21.1 Å². The number of aryl methyl sites for hydroxylation is 1. The molecule has 1 aromatic heterocycles. The molecule has 7 heteroatoms. The van der Waals surface area contributed by atoms with Gasteiger partial charge in [-0.2, -0.15) is 0 Å². The molecule has 0 aliphatic heterocycles. The van der Waals surface area contributed by atoms with E-state index in [4.69, 9.17) is 18.0 Å². The number of nitrogens with zero attached hydrogens (tertiary/aromatic N) is 2. The minimum absolute atomic E-state index is 0.236. The first-order valence-electron chi connectivity index (χ1n) is 5.07. The van der Waals surface area contributed by atoms with Crippen LogP contribution in [0.4, 0.5) is 5.13 Å². The first-order chi connectivity index (χ1) is 8.56. The SMILES string of the molecule is Cc1nnc(NC(=O)c2ccc(C(N)=S)cc2)s1. The number of aromatic nitrogens is 2. The number of nitrogens with one attached hydrogen (secondary N) is 1. The van der Waals surface area contributed by atoms with E-state index in [0.717, 1.165) is 10.6 Å². The van der Waals surface area contributed by atoms with Gasteiger partial charge in [0.05, 0.1) is 0 Å². The largest absolute Gasteiger partial charge is 0.389 e. The quantitative estimate of drug-likeness (QED) is 0.836. The molecule has 2 aromatic rings. The van der Waals surface area contributed by atoms with Crippen molar-refractivity contribution in [3.05, 3.63) is 40.4 Å². The molecular weight excluding hydrogens is 268 g/mol. The number of hydrogen-bond acceptors (Lipinski definition) is 5. The van der Waals surface area contributed by atoms with Gasteiger partial charge in [0.15, 0.2) is 0 Å². The van der Waals surface area contributed by atoms with Crippen molar-refractivity contribution in [1.82, 2.24) is 10.2 Å². The molecule has 0 spiro atoms. The second-order valence-electron chi connectivity index (χ2n) is 3.52. The second kappa shape index (κ2) is 5.19. The van der Waals surface area contributed by atoms with E-state index in [2.05, 4.69) is 15.5 Å². The van der Waals surface area contributed by atoms with Crippen molar-refractivity contribution in [2.45, 2.75) is 6.92 Å². The highest BCUT2D eigenvalue weighted by Crippen LogP contribution is 2.15. The minimum atomic E-state index is -0.236. The average Bonchev–Trinajstić information content (AvgIpc) is 2.75. The summed E-state index contributed by atoms with van der Waals surface area (Å²) in [5, 5.41) is 11.6. The number of anilines is 1. The van der Waals surface area contributed by atoms with Crippen LogP contribution in [0.2, 0.25) is 0 Å². The van der Waals surface area contributed by atoms with Crippen LogP contribution in [0, 0.1) is 6.92 Å². The lowest BCUT2D eigenvalue weighted by atomic mass is 10.1. The summed E-state index contributed by atoms with van der Waals surface area (Å²) in [6.45, 7) is 1.82. The van der Waals surface area contributed by atoms with Gasteiger partial charge in [-0.1, -0.05) is 35.7 Å². The monoisotopic (exact) mass is 278 g/mol. The molecule has 0 unspecified atom stereocenters. The van der Waals surface area contributed by atoms with E-state index in [1.165, 1.54) is 11.3 Å². The topological polar surface area (TPSA) is 80.9 Å². The zero-order valence-corrected chi connectivity index (χ0v) is 11.1. The van der Waals surface area contributed by atoms with Gasteiger partial charge in [0.25, 0.3) is 5.91 Å². The van der Waals surface area contributed by atoms with E-state index in [-0.39, 0.29) is 5.91 Å². The molecule has 1 aromatic carbocycles. The zero-order valence-electron chi connectivity index (χ0n) is 9.51. The Hall–Kier alpha value is -1.86. The van der Waals surface area contributed by atoms with E-state index < -0.39 is 0 Å². The third kappa shape index (κ3) is 2.88. The number of carbonyl (C=O) groups excluding carboxylic acids is 1. The van der Waals surface area contributed by atoms with Crippen molar-refractivity contribution < 1.29 is 4.79 Å². The summed E-state index contributed by atoms with van der Waals surface area (Å²) < 4.78 is 0. The predicted octanol–water partition coefficient (Wildman–Crippen LogP) is 1.73. The van der Waals surface area contributed by atoms with Gasteiger partial charge in [0.1, 0.15) is 10.00 Å². The lowest BCUT2D eigenvalue weighted by molar-refractivity contribution is 0.102. The number of amides is 1. The number of thiocarbonyl (C=S) groups is 1. The van der Waals surface area contributed by atoms with Gasteiger partial charge in [-0.05, 0) is 19.1 Å². The van der Waals surface area contributed by atoms with Crippen molar-refractivity contribution in [2.75, 3.05) is 5.32 Å². The molecule has 0 saturated heterocycles. The molecule has 0 aliphatic rings. The molecule has 92 valence electrons. The van der Waals surface area contributed by atoms with E-state index in [0.29, 0.717) is 15.7 Å². The third-order valence-corrected chi connectivity index (χ3v) is 3.17. The zero-order chi connectivity index (χ0) is 13.1. The van der Waals surface area contributed by atoms with Gasteiger partial charge in [-0.15, -0.1) is 10.2 Å². The highest BCUT2D eigenvalue weighted by molar-refractivity contribution is 7.80. The second-order valence-corrected chi connectivity index (χ2v) is 5.14. The summed E-state index contributed by atoms with van der Waals surface area (Å²) in [7, 11) is 0. The molecule has 0 bridgehead atoms. The summed E-state index contributed by atoms with van der Waals surface area (Å²) in [6, 6.07) is 6.75. The normalized spacial score (nSPS) is 10.1. The van der Waals surface area contributed by atoms with Gasteiger partial charge in [0.2, 0.25) is 5.13 Å². The van der Waals surface area contributed by atoms with Gasteiger partial charge >= 0.3 is 0 Å². The van der Waals surface area contributed by atoms with E-state index in [1.807, 2.05) is 6.92 Å². The van der Waals surface area contributed by atoms with E-state index in [9.17, 15) is 4.79 Å². The maximum absolute atomic E-state index is 11.9. The summed E-state index contributed by atoms with van der Waals surface area (Å²) in [6.07, 6.45) is 0. The van der Waals surface area contributed by atoms with Crippen LogP contribution in [0.5, 0.6) is 0 Å². The number of hydrogen-bond donors (Lipinski definition) is 2. The van der Waals surface area contributed by atoms with Crippen molar-refractivity contribution in [1.29, 1.82) is 0 Å². The highest BCUT2D eigenvalue weighted by atomic mass is 32.1. The van der Waals surface area contributed by atoms with Crippen molar-refractivity contribution in [3.63, 3.8) is 0 Å². The van der Waals surface area contributed by atoms with Crippen LogP contribution in [-0.2, 0) is 0 Å². The number of rotatable bonds is 3. The maximum Gasteiger partial charge on any atom is 0.257 e. The number of nitrogens with two attached hydrogens (primary N) is 1. The van der Waals surface area contributed by atoms with Crippen molar-refractivity contribution >= 4 is 39.6 Å². The Morgan fingerprint density at radius 2 is 1.89 bits per heavy atom. The van der Waals surface area contributed by atoms with Crippen LogP contribution in [0.1, 0.15) is 20.9 Å². The molecule has 1 heterocycles. The van der Waals surface area contributed by atoms with Crippen LogP contribution in [0.3, 0.4) is 0 Å². The standard InChI is InChI=1S/C11H10N4OS2/c1-6-14-15-11(18-6)13-10(16)8-4-2-7(3-5-8)9(12)17/h2-5H,1H3,(H2,12,17)(H,13,15,16).